The number of benzene rings is 2. The molecule has 0 saturated carbocycles. The van der Waals surface area contributed by atoms with E-state index in [0.29, 0.717) is 25.7 Å². The summed E-state index contributed by atoms with van der Waals surface area (Å²) in [5.41, 5.74) is -0.543. The van der Waals surface area contributed by atoms with Gasteiger partial charge in [-0.3, -0.25) is 19.2 Å². The molecule has 2 fully saturated rings. The van der Waals surface area contributed by atoms with Crippen molar-refractivity contribution in [2.75, 3.05) is 13.1 Å². The van der Waals surface area contributed by atoms with Crippen LogP contribution in [-0.2, 0) is 41.7 Å². The van der Waals surface area contributed by atoms with Gasteiger partial charge in [-0.2, -0.15) is 5.06 Å². The minimum atomic E-state index is -1.12. The van der Waals surface area contributed by atoms with Gasteiger partial charge in [0.25, 0.3) is 0 Å². The fourth-order valence-electron chi connectivity index (χ4n) is 9.33. The maximum Gasteiger partial charge on any atom is 0.408 e. The Kier molecular flexibility index (Phi) is 20.8. The smallest absolute Gasteiger partial charge is 0.408 e. The largest absolute Gasteiger partial charge is 0.445 e. The summed E-state index contributed by atoms with van der Waals surface area (Å²) in [6, 6.07) is 13.8. The summed E-state index contributed by atoms with van der Waals surface area (Å²) in [6.45, 7) is 20.4. The summed E-state index contributed by atoms with van der Waals surface area (Å²) in [5, 5.41) is 26.4. The fraction of sp³-hybridized carbons (Fsp3) is 0.623. The van der Waals surface area contributed by atoms with Gasteiger partial charge in [0.15, 0.2) is 0 Å². The molecule has 6 N–H and O–H groups in total. The molecule has 2 aromatic carbocycles. The molecule has 2 aliphatic rings. The zero-order valence-electron chi connectivity index (χ0n) is 43.2. The lowest BCUT2D eigenvalue weighted by Gasteiger charge is -2.51. The average Bonchev–Trinajstić information content (AvgIpc) is 3.77. The molecule has 2 heterocycles. The van der Waals surface area contributed by atoms with E-state index >= 15 is 4.39 Å². The van der Waals surface area contributed by atoms with E-state index in [2.05, 4.69) is 26.6 Å². The molecule has 388 valence electrons. The number of carbonyl (C=O) groups is 6. The lowest BCUT2D eigenvalue weighted by Crippen LogP contribution is -2.64. The Morgan fingerprint density at radius 1 is 0.829 bits per heavy atom. The molecule has 70 heavy (non-hydrogen) atoms. The number of amides is 6. The van der Waals surface area contributed by atoms with Crippen LogP contribution in [0.2, 0.25) is 0 Å². The van der Waals surface area contributed by atoms with Gasteiger partial charge in [0, 0.05) is 30.2 Å². The van der Waals surface area contributed by atoms with E-state index in [1.54, 1.807) is 34.6 Å². The normalized spacial score (nSPS) is 19.1. The van der Waals surface area contributed by atoms with Crippen LogP contribution in [0.4, 0.5) is 14.0 Å². The van der Waals surface area contributed by atoms with Crippen molar-refractivity contribution < 1.29 is 47.8 Å². The second kappa shape index (κ2) is 25.5. The molecule has 0 aliphatic carbocycles. The molecule has 0 bridgehead atoms. The molecule has 2 saturated heterocycles. The molecule has 0 aromatic heterocycles. The number of alkyl carbamates (subject to hydrolysis) is 2. The van der Waals surface area contributed by atoms with Gasteiger partial charge < -0.3 is 46.2 Å². The van der Waals surface area contributed by atoms with Crippen LogP contribution in [0.15, 0.2) is 72.6 Å². The second-order valence-electron chi connectivity index (χ2n) is 21.8. The van der Waals surface area contributed by atoms with Crippen LogP contribution in [0.25, 0.3) is 0 Å². The van der Waals surface area contributed by atoms with E-state index in [0.717, 1.165) is 11.1 Å². The predicted octanol–water partition coefficient (Wildman–Crippen LogP) is 7.49. The van der Waals surface area contributed by atoms with Crippen LogP contribution in [0.3, 0.4) is 0 Å². The van der Waals surface area contributed by atoms with E-state index in [4.69, 9.17) is 9.47 Å². The first-order valence-corrected chi connectivity index (χ1v) is 24.8. The molecule has 4 rings (SSSR count). The summed E-state index contributed by atoms with van der Waals surface area (Å²) in [6.07, 6.45) is 2.26. The van der Waals surface area contributed by atoms with Gasteiger partial charge in [0.2, 0.25) is 23.6 Å². The maximum absolute atomic E-state index is 16.5. The number of hydrogen-bond donors (Lipinski definition) is 6. The lowest BCUT2D eigenvalue weighted by atomic mass is 9.79. The number of nitrogens with zero attached hydrogens (tertiary/aromatic N) is 2. The minimum Gasteiger partial charge on any atom is -0.445 e. The van der Waals surface area contributed by atoms with E-state index in [1.807, 2.05) is 102 Å². The zero-order valence-corrected chi connectivity index (χ0v) is 43.2. The van der Waals surface area contributed by atoms with Crippen molar-refractivity contribution in [2.24, 2.45) is 17.8 Å². The third-order valence-corrected chi connectivity index (χ3v) is 12.6. The number of nitrogens with one attached hydrogen (secondary N) is 5. The van der Waals surface area contributed by atoms with Crippen molar-refractivity contribution in [2.45, 2.75) is 181 Å². The van der Waals surface area contributed by atoms with E-state index in [1.165, 1.54) is 16.0 Å². The van der Waals surface area contributed by atoms with Crippen molar-refractivity contribution in [1.29, 1.82) is 0 Å². The number of carbonyl (C=O) groups excluding carboxylic acids is 6. The Labute approximate surface area is 414 Å². The number of likely N-dealkylation sites (tertiary alicyclic amines) is 1. The standard InChI is InChI=1S/C53H80FN7O9/c1-34(2)28-42(58-50(67)70-51(5,6)7)40(54)30-38(29-36-20-14-12-15-21-36)48(65)60-27-19-25-43(60)46(63)59-44(35(3)4)47(64)57-41(24-18-26-55-49(66)69-33-37-22-16-13-17-23-37)45(62)56-39-31-52(8,9)61(68)53(10,11)32-39/h12-17,20-23,30,34-35,38-39,41-44,68H,18-19,24-29,31-33H2,1-11H3,(H,55,66)(H,56,62)(H,57,64)(H,58,67)(H,59,63)/b40-30-/t38-,41?,42-,43-,44-/m0/s1. The molecule has 5 atom stereocenters. The number of hydrogen-bond acceptors (Lipinski definition) is 10. The topological polar surface area (TPSA) is 208 Å². The highest BCUT2D eigenvalue weighted by atomic mass is 19.1. The Hall–Kier alpha value is -5.55. The van der Waals surface area contributed by atoms with Crippen molar-refractivity contribution in [3.8, 4) is 0 Å². The van der Waals surface area contributed by atoms with Crippen LogP contribution < -0.4 is 26.6 Å². The minimum absolute atomic E-state index is 0.0204. The third-order valence-electron chi connectivity index (χ3n) is 12.6. The molecular weight excluding hydrogens is 898 g/mol. The first-order valence-electron chi connectivity index (χ1n) is 24.8. The first kappa shape index (κ1) is 57.0. The van der Waals surface area contributed by atoms with E-state index < -0.39 is 94.3 Å². The molecule has 17 heteroatoms. The molecular formula is C53H80FN7O9. The number of piperidine rings is 1. The zero-order chi connectivity index (χ0) is 52.0. The highest BCUT2D eigenvalue weighted by molar-refractivity contribution is 5.95. The summed E-state index contributed by atoms with van der Waals surface area (Å²) >= 11 is 0. The third kappa shape index (κ3) is 17.7. The van der Waals surface area contributed by atoms with Gasteiger partial charge in [-0.15, -0.1) is 0 Å². The van der Waals surface area contributed by atoms with Gasteiger partial charge in [0.05, 0.1) is 12.0 Å². The molecule has 2 aromatic rings. The second-order valence-corrected chi connectivity index (χ2v) is 21.8. The van der Waals surface area contributed by atoms with Gasteiger partial charge in [0.1, 0.15) is 36.2 Å². The number of rotatable bonds is 21. The van der Waals surface area contributed by atoms with Gasteiger partial charge in [-0.25, -0.2) is 14.0 Å². The first-order chi connectivity index (χ1) is 32.8. The maximum atomic E-state index is 16.5. The number of hydroxylamine groups is 2. The summed E-state index contributed by atoms with van der Waals surface area (Å²) < 4.78 is 27.2. The van der Waals surface area contributed by atoms with Gasteiger partial charge >= 0.3 is 12.2 Å². The quantitative estimate of drug-likeness (QED) is 0.0680. The molecule has 0 radical (unpaired) electrons. The van der Waals surface area contributed by atoms with Crippen molar-refractivity contribution in [3.63, 3.8) is 0 Å². The van der Waals surface area contributed by atoms with Crippen molar-refractivity contribution >= 4 is 35.8 Å². The highest BCUT2D eigenvalue weighted by Gasteiger charge is 2.46. The van der Waals surface area contributed by atoms with Crippen LogP contribution in [0, 0.1) is 17.8 Å². The van der Waals surface area contributed by atoms with E-state index in [9.17, 15) is 34.0 Å². The average molecular weight is 978 g/mol. The van der Waals surface area contributed by atoms with Crippen LogP contribution in [0.5, 0.6) is 0 Å². The van der Waals surface area contributed by atoms with Crippen LogP contribution in [0.1, 0.15) is 132 Å². The Morgan fingerprint density at radius 2 is 1.43 bits per heavy atom. The van der Waals surface area contributed by atoms with Gasteiger partial charge in [-0.05, 0) is 129 Å². The molecule has 6 amide bonds. The molecule has 16 nitrogen and oxygen atoms in total. The molecule has 2 aliphatic heterocycles. The van der Waals surface area contributed by atoms with Crippen molar-refractivity contribution in [3.05, 3.63) is 83.7 Å². The van der Waals surface area contributed by atoms with Gasteiger partial charge in [-0.1, -0.05) is 88.4 Å². The van der Waals surface area contributed by atoms with Crippen LogP contribution >= 0.6 is 0 Å². The van der Waals surface area contributed by atoms with Crippen molar-refractivity contribution in [1.82, 2.24) is 36.5 Å². The lowest BCUT2D eigenvalue weighted by molar-refractivity contribution is -0.246. The van der Waals surface area contributed by atoms with E-state index in [-0.39, 0.29) is 57.3 Å². The Morgan fingerprint density at radius 3 is 2.00 bits per heavy atom. The predicted molar refractivity (Wildman–Crippen MR) is 266 cm³/mol. The number of halogens is 1. The Balaban J connectivity index is 1.52. The molecule has 1 unspecified atom stereocenters. The summed E-state index contributed by atoms with van der Waals surface area (Å²) in [5.74, 6) is -4.32. The Bertz CT molecular complexity index is 2080. The highest BCUT2D eigenvalue weighted by Crippen LogP contribution is 2.37. The monoisotopic (exact) mass is 978 g/mol. The molecule has 0 spiro atoms. The summed E-state index contributed by atoms with van der Waals surface area (Å²) in [7, 11) is 0. The van der Waals surface area contributed by atoms with Crippen LogP contribution in [-0.4, -0.2) is 111 Å². The number of ether oxygens (including phenoxy) is 2. The summed E-state index contributed by atoms with van der Waals surface area (Å²) in [4.78, 5) is 84.1. The fourth-order valence-corrected chi connectivity index (χ4v) is 9.33. The SMILES string of the molecule is CC(C)C[C@H](NC(=O)OC(C)(C)C)/C(F)=C/[C@H](Cc1ccccc1)C(=O)N1CCC[C@H]1C(=O)N[C@H](C(=O)NC(CCCNC(=O)OCc1ccccc1)C(=O)NC1CC(C)(C)N(O)C(C)(C)C1)C(C)C.